The summed E-state index contributed by atoms with van der Waals surface area (Å²) in [4.78, 5) is 0. The Labute approximate surface area is 69.1 Å². The number of hydrogen-bond acceptors (Lipinski definition) is 2. The van der Waals surface area contributed by atoms with Crippen LogP contribution in [0.25, 0.3) is 0 Å². The Morgan fingerprint density at radius 3 is 3.00 bits per heavy atom. The molecule has 0 aromatic heterocycles. The van der Waals surface area contributed by atoms with Gasteiger partial charge in [-0.3, -0.25) is 0 Å². The number of nitrogens with zero attached hydrogens (tertiary/aromatic N) is 1. The summed E-state index contributed by atoms with van der Waals surface area (Å²) >= 11 is 3.00. The molecule has 0 rings (SSSR count). The van der Waals surface area contributed by atoms with Crippen LogP contribution in [0.3, 0.4) is 0 Å². The van der Waals surface area contributed by atoms with Crippen molar-refractivity contribution in [3.05, 3.63) is 0 Å². The molecule has 0 spiro atoms. The molecule has 0 unspecified atom stereocenters. The standard InChI is InChI=1S/C5H7NOSe2/c1-2-7-5(8)9-4-3-6/h2,4H2,1H3. The van der Waals surface area contributed by atoms with Crippen molar-refractivity contribution in [1.82, 2.24) is 0 Å². The fraction of sp³-hybridized carbons (Fsp3) is 0.600. The topological polar surface area (TPSA) is 33.0 Å². The second-order valence-corrected chi connectivity index (χ2v) is 5.21. The first-order chi connectivity index (χ1) is 4.31. The van der Waals surface area contributed by atoms with Crippen molar-refractivity contribution in [2.24, 2.45) is 0 Å². The SMILES string of the molecule is CCOC(=[Se])[Se]CC#N. The van der Waals surface area contributed by atoms with Gasteiger partial charge in [-0.15, -0.1) is 0 Å². The third-order valence-corrected chi connectivity index (χ3v) is 3.36. The van der Waals surface area contributed by atoms with Gasteiger partial charge < -0.3 is 0 Å². The molecule has 0 saturated heterocycles. The van der Waals surface area contributed by atoms with Crippen molar-refractivity contribution in [2.45, 2.75) is 12.2 Å². The third kappa shape index (κ3) is 6.08. The predicted molar refractivity (Wildman–Crippen MR) is 38.6 cm³/mol. The van der Waals surface area contributed by atoms with Crippen LogP contribution < -0.4 is 0 Å². The summed E-state index contributed by atoms with van der Waals surface area (Å²) in [7, 11) is 0. The minimum atomic E-state index is 0.213. The Bertz CT molecular complexity index is 129. The second-order valence-electron chi connectivity index (χ2n) is 1.13. The van der Waals surface area contributed by atoms with E-state index >= 15 is 0 Å². The fourth-order valence-electron chi connectivity index (χ4n) is 0.251. The molecule has 9 heavy (non-hydrogen) atoms. The van der Waals surface area contributed by atoms with Gasteiger partial charge in [0, 0.05) is 0 Å². The van der Waals surface area contributed by atoms with E-state index in [0.29, 0.717) is 11.9 Å². The van der Waals surface area contributed by atoms with Gasteiger partial charge in [0.15, 0.2) is 0 Å². The maximum atomic E-state index is 8.17. The van der Waals surface area contributed by atoms with Crippen LogP contribution in [0, 0.1) is 11.3 Å². The number of rotatable bonds is 4. The van der Waals surface area contributed by atoms with Crippen LogP contribution in [-0.4, -0.2) is 40.6 Å². The summed E-state index contributed by atoms with van der Waals surface area (Å²) in [6.45, 7) is 2.62. The molecular formula is C5H7NOSe2. The molecule has 0 aromatic carbocycles. The van der Waals surface area contributed by atoms with E-state index in [1.165, 1.54) is 0 Å². The van der Waals surface area contributed by atoms with Gasteiger partial charge in [0.05, 0.1) is 0 Å². The van der Waals surface area contributed by atoms with Crippen LogP contribution in [-0.2, 0) is 4.74 Å². The van der Waals surface area contributed by atoms with E-state index in [9.17, 15) is 0 Å². The molecule has 0 radical (unpaired) electrons. The van der Waals surface area contributed by atoms with Crippen LogP contribution in [0.5, 0.6) is 0 Å². The van der Waals surface area contributed by atoms with E-state index in [1.807, 2.05) is 6.92 Å². The molecule has 4 heteroatoms. The van der Waals surface area contributed by atoms with Gasteiger partial charge in [0.1, 0.15) is 0 Å². The fourth-order valence-corrected chi connectivity index (χ4v) is 1.95. The Morgan fingerprint density at radius 1 is 1.89 bits per heavy atom. The van der Waals surface area contributed by atoms with Crippen LogP contribution in [0.4, 0.5) is 0 Å². The van der Waals surface area contributed by atoms with Gasteiger partial charge in [-0.25, -0.2) is 0 Å². The molecule has 2 nitrogen and oxygen atoms in total. The molecule has 0 saturated carbocycles. The third-order valence-electron chi connectivity index (χ3n) is 0.517. The van der Waals surface area contributed by atoms with Gasteiger partial charge in [0.25, 0.3) is 0 Å². The molecule has 50 valence electrons. The molecule has 0 bridgehead atoms. The Hall–Kier alpha value is 0.199. The minimum absolute atomic E-state index is 0.213. The summed E-state index contributed by atoms with van der Waals surface area (Å²) in [5.41, 5.74) is 0. The zero-order valence-electron chi connectivity index (χ0n) is 5.09. The van der Waals surface area contributed by atoms with Crippen LogP contribution in [0.2, 0.25) is 5.32 Å². The van der Waals surface area contributed by atoms with Gasteiger partial charge >= 0.3 is 69.0 Å². The zero-order valence-corrected chi connectivity index (χ0v) is 8.51. The monoisotopic (exact) mass is 257 g/mol. The molecule has 0 aliphatic rings. The zero-order chi connectivity index (χ0) is 7.11. The molecule has 0 fully saturated rings. The van der Waals surface area contributed by atoms with E-state index in [0.717, 1.165) is 3.50 Å². The van der Waals surface area contributed by atoms with Crippen LogP contribution in [0.15, 0.2) is 0 Å². The van der Waals surface area contributed by atoms with E-state index in [2.05, 4.69) is 21.6 Å². The average molecular weight is 255 g/mol. The maximum absolute atomic E-state index is 8.17. The van der Waals surface area contributed by atoms with Crippen molar-refractivity contribution in [2.75, 3.05) is 6.61 Å². The van der Waals surface area contributed by atoms with Crippen molar-refractivity contribution in [3.63, 3.8) is 0 Å². The van der Waals surface area contributed by atoms with Crippen molar-refractivity contribution >= 4 is 34.0 Å². The Kier molecular flexibility index (Phi) is 6.46. The first kappa shape index (κ1) is 9.20. The van der Waals surface area contributed by atoms with Crippen LogP contribution >= 0.6 is 0 Å². The first-order valence-electron chi connectivity index (χ1n) is 2.47. The van der Waals surface area contributed by atoms with Crippen molar-refractivity contribution in [3.8, 4) is 6.07 Å². The van der Waals surface area contributed by atoms with Gasteiger partial charge in [-0.05, 0) is 0 Å². The van der Waals surface area contributed by atoms with Crippen molar-refractivity contribution in [1.29, 1.82) is 5.26 Å². The molecule has 0 aliphatic heterocycles. The van der Waals surface area contributed by atoms with E-state index in [-0.39, 0.29) is 15.0 Å². The normalized spacial score (nSPS) is 8.00. The Balaban J connectivity index is 3.19. The summed E-state index contributed by atoms with van der Waals surface area (Å²) in [5.74, 6) is 0. The molecule has 0 atom stereocenters. The predicted octanol–water partition coefficient (Wildman–Crippen LogP) is -0.0751. The second kappa shape index (κ2) is 6.32. The van der Waals surface area contributed by atoms with Gasteiger partial charge in [-0.1, -0.05) is 0 Å². The quantitative estimate of drug-likeness (QED) is 0.658. The summed E-state index contributed by atoms with van der Waals surface area (Å²) in [6.07, 6.45) is 0. The molecule has 0 amide bonds. The van der Waals surface area contributed by atoms with Gasteiger partial charge in [-0.2, -0.15) is 0 Å². The van der Waals surface area contributed by atoms with Crippen LogP contribution in [0.1, 0.15) is 6.92 Å². The molecule has 0 heterocycles. The average Bonchev–Trinajstić information content (AvgIpc) is 1.85. The number of hydrogen-bond donors (Lipinski definition) is 0. The molecule has 0 aliphatic carbocycles. The summed E-state index contributed by atoms with van der Waals surface area (Å²) in [6, 6.07) is 2.06. The summed E-state index contributed by atoms with van der Waals surface area (Å²) in [5, 5.41) is 8.76. The number of ether oxygens (including phenoxy) is 1. The number of nitriles is 1. The van der Waals surface area contributed by atoms with E-state index in [4.69, 9.17) is 10.00 Å². The molecule has 0 N–H and O–H groups in total. The van der Waals surface area contributed by atoms with E-state index in [1.54, 1.807) is 0 Å². The Morgan fingerprint density at radius 2 is 2.56 bits per heavy atom. The van der Waals surface area contributed by atoms with E-state index < -0.39 is 0 Å². The first-order valence-corrected chi connectivity index (χ1v) is 5.40. The van der Waals surface area contributed by atoms with Gasteiger partial charge in [0.2, 0.25) is 0 Å². The summed E-state index contributed by atoms with van der Waals surface area (Å²) < 4.78 is 5.98. The van der Waals surface area contributed by atoms with Crippen molar-refractivity contribution < 1.29 is 4.74 Å². The molecular weight excluding hydrogens is 248 g/mol. The molecule has 0 aromatic rings.